The Kier molecular flexibility index (Phi) is 2.72. The Morgan fingerprint density at radius 2 is 1.68 bits per heavy atom. The zero-order chi connectivity index (χ0) is 13.7. The van der Waals surface area contributed by atoms with Gasteiger partial charge in [0.1, 0.15) is 0 Å². The van der Waals surface area contributed by atoms with Crippen molar-refractivity contribution in [3.05, 3.63) is 35.4 Å². The van der Waals surface area contributed by atoms with Gasteiger partial charge in [0, 0.05) is 5.54 Å². The maximum atomic E-state index is 12.7. The minimum absolute atomic E-state index is 0.322. The highest BCUT2D eigenvalue weighted by molar-refractivity contribution is 5.34. The molecule has 0 amide bonds. The van der Waals surface area contributed by atoms with Gasteiger partial charge in [-0.3, -0.25) is 0 Å². The summed E-state index contributed by atoms with van der Waals surface area (Å²) in [6.45, 7) is 0. The van der Waals surface area contributed by atoms with Crippen molar-refractivity contribution >= 4 is 0 Å². The standard InChI is InChI=1S/C15H18F3N/c16-15(17,18)12-5-3-4-11(8-12)14(19)9-13(10-14)6-1-2-7-13/h3-5,8H,1-2,6-7,9-10,19H2. The molecule has 2 N–H and O–H groups in total. The van der Waals surface area contributed by atoms with Crippen LogP contribution in [0.5, 0.6) is 0 Å². The molecule has 4 heteroatoms. The van der Waals surface area contributed by atoms with Crippen molar-refractivity contribution in [2.24, 2.45) is 11.1 Å². The molecule has 0 aliphatic heterocycles. The van der Waals surface area contributed by atoms with E-state index in [4.69, 9.17) is 5.73 Å². The second kappa shape index (κ2) is 3.98. The Bertz CT molecular complexity index is 478. The van der Waals surface area contributed by atoms with E-state index in [2.05, 4.69) is 0 Å². The van der Waals surface area contributed by atoms with Gasteiger partial charge in [0.05, 0.1) is 5.56 Å². The predicted molar refractivity (Wildman–Crippen MR) is 67.4 cm³/mol. The summed E-state index contributed by atoms with van der Waals surface area (Å²) >= 11 is 0. The number of hydrogen-bond acceptors (Lipinski definition) is 1. The topological polar surface area (TPSA) is 26.0 Å². The molecule has 0 bridgehead atoms. The van der Waals surface area contributed by atoms with Gasteiger partial charge < -0.3 is 5.73 Å². The summed E-state index contributed by atoms with van der Waals surface area (Å²) in [5.74, 6) is 0. The van der Waals surface area contributed by atoms with Gasteiger partial charge in [0.15, 0.2) is 0 Å². The van der Waals surface area contributed by atoms with E-state index in [9.17, 15) is 13.2 Å². The van der Waals surface area contributed by atoms with E-state index >= 15 is 0 Å². The molecule has 1 spiro atoms. The Hall–Kier alpha value is -1.03. The average Bonchev–Trinajstić information content (AvgIpc) is 2.76. The second-order valence-corrected chi connectivity index (χ2v) is 6.30. The van der Waals surface area contributed by atoms with Gasteiger partial charge in [-0.05, 0) is 48.8 Å². The van der Waals surface area contributed by atoms with Crippen LogP contribution < -0.4 is 5.73 Å². The molecule has 1 aromatic rings. The monoisotopic (exact) mass is 269 g/mol. The molecule has 3 rings (SSSR count). The smallest absolute Gasteiger partial charge is 0.321 e. The van der Waals surface area contributed by atoms with Crippen molar-refractivity contribution < 1.29 is 13.2 Å². The van der Waals surface area contributed by atoms with E-state index in [-0.39, 0.29) is 0 Å². The lowest BCUT2D eigenvalue weighted by Gasteiger charge is -2.53. The fourth-order valence-corrected chi connectivity index (χ4v) is 3.97. The summed E-state index contributed by atoms with van der Waals surface area (Å²) in [7, 11) is 0. The van der Waals surface area contributed by atoms with Gasteiger partial charge in [-0.2, -0.15) is 13.2 Å². The third-order valence-corrected chi connectivity index (χ3v) is 4.81. The summed E-state index contributed by atoms with van der Waals surface area (Å²) in [6, 6.07) is 5.53. The first-order valence-corrected chi connectivity index (χ1v) is 6.80. The molecule has 0 aromatic heterocycles. The van der Waals surface area contributed by atoms with Crippen molar-refractivity contribution in [3.8, 4) is 0 Å². The molecule has 2 aliphatic carbocycles. The molecular weight excluding hydrogens is 251 g/mol. The van der Waals surface area contributed by atoms with Crippen molar-refractivity contribution in [1.82, 2.24) is 0 Å². The zero-order valence-corrected chi connectivity index (χ0v) is 10.8. The van der Waals surface area contributed by atoms with E-state index in [1.54, 1.807) is 6.07 Å². The van der Waals surface area contributed by atoms with Crippen LogP contribution in [0.3, 0.4) is 0 Å². The lowest BCUT2D eigenvalue weighted by atomic mass is 9.54. The first-order chi connectivity index (χ1) is 8.83. The molecule has 0 atom stereocenters. The first-order valence-electron chi connectivity index (χ1n) is 6.80. The normalized spacial score (nSPS) is 24.4. The van der Waals surface area contributed by atoms with Crippen molar-refractivity contribution in [2.75, 3.05) is 0 Å². The van der Waals surface area contributed by atoms with E-state index < -0.39 is 17.3 Å². The van der Waals surface area contributed by atoms with Crippen LogP contribution in [0.15, 0.2) is 24.3 Å². The molecule has 2 aliphatic rings. The SMILES string of the molecule is NC1(c2cccc(C(F)(F)F)c2)CC2(CCCC2)C1. The van der Waals surface area contributed by atoms with Crippen LogP contribution in [-0.4, -0.2) is 0 Å². The van der Waals surface area contributed by atoms with Crippen LogP contribution in [0.2, 0.25) is 0 Å². The molecule has 2 saturated carbocycles. The fourth-order valence-electron chi connectivity index (χ4n) is 3.97. The number of alkyl halides is 3. The van der Waals surface area contributed by atoms with Crippen LogP contribution >= 0.6 is 0 Å². The second-order valence-electron chi connectivity index (χ2n) is 6.30. The molecular formula is C15H18F3N. The number of nitrogens with two attached hydrogens (primary N) is 1. The molecule has 1 aromatic carbocycles. The van der Waals surface area contributed by atoms with Crippen molar-refractivity contribution in [1.29, 1.82) is 0 Å². The number of benzene rings is 1. The lowest BCUT2D eigenvalue weighted by Crippen LogP contribution is -2.54. The Labute approximate surface area is 111 Å². The highest BCUT2D eigenvalue weighted by atomic mass is 19.4. The summed E-state index contributed by atoms with van der Waals surface area (Å²) in [5.41, 5.74) is 6.14. The largest absolute Gasteiger partial charge is 0.416 e. The van der Waals surface area contributed by atoms with Gasteiger partial charge in [-0.25, -0.2) is 0 Å². The Morgan fingerprint density at radius 3 is 2.26 bits per heavy atom. The molecule has 0 unspecified atom stereocenters. The Morgan fingerprint density at radius 1 is 1.05 bits per heavy atom. The molecule has 0 radical (unpaired) electrons. The van der Waals surface area contributed by atoms with E-state index in [0.29, 0.717) is 11.0 Å². The number of halogens is 3. The average molecular weight is 269 g/mol. The van der Waals surface area contributed by atoms with Crippen LogP contribution in [0.1, 0.15) is 49.7 Å². The van der Waals surface area contributed by atoms with Gasteiger partial charge in [0.2, 0.25) is 0 Å². The maximum Gasteiger partial charge on any atom is 0.416 e. The third kappa shape index (κ3) is 2.16. The fraction of sp³-hybridized carbons (Fsp3) is 0.600. The third-order valence-electron chi connectivity index (χ3n) is 4.81. The van der Waals surface area contributed by atoms with Crippen LogP contribution in [-0.2, 0) is 11.7 Å². The molecule has 0 saturated heterocycles. The summed E-state index contributed by atoms with van der Waals surface area (Å²) in [6.07, 6.45) is 2.22. The molecule has 1 nitrogen and oxygen atoms in total. The van der Waals surface area contributed by atoms with E-state index in [1.807, 2.05) is 0 Å². The quantitative estimate of drug-likeness (QED) is 0.811. The minimum atomic E-state index is -4.29. The van der Waals surface area contributed by atoms with Crippen LogP contribution in [0.25, 0.3) is 0 Å². The molecule has 104 valence electrons. The van der Waals surface area contributed by atoms with Gasteiger partial charge in [0.25, 0.3) is 0 Å². The summed E-state index contributed by atoms with van der Waals surface area (Å²) in [4.78, 5) is 0. The molecule has 0 heterocycles. The highest BCUT2D eigenvalue weighted by Gasteiger charge is 2.54. The Balaban J connectivity index is 1.83. The predicted octanol–water partition coefficient (Wildman–Crippen LogP) is 4.21. The van der Waals surface area contributed by atoms with E-state index in [0.717, 1.165) is 18.9 Å². The van der Waals surface area contributed by atoms with Gasteiger partial charge in [-0.15, -0.1) is 0 Å². The minimum Gasteiger partial charge on any atom is -0.321 e. The lowest BCUT2D eigenvalue weighted by molar-refractivity contribution is -0.137. The number of hydrogen-bond donors (Lipinski definition) is 1. The van der Waals surface area contributed by atoms with Gasteiger partial charge in [-0.1, -0.05) is 25.0 Å². The molecule has 19 heavy (non-hydrogen) atoms. The van der Waals surface area contributed by atoms with Crippen molar-refractivity contribution in [2.45, 2.75) is 50.2 Å². The summed E-state index contributed by atoms with van der Waals surface area (Å²) < 4.78 is 38.2. The number of rotatable bonds is 1. The van der Waals surface area contributed by atoms with E-state index in [1.165, 1.54) is 37.8 Å². The van der Waals surface area contributed by atoms with Crippen LogP contribution in [0.4, 0.5) is 13.2 Å². The zero-order valence-electron chi connectivity index (χ0n) is 10.8. The first kappa shape index (κ1) is 13.0. The maximum absolute atomic E-state index is 12.7. The van der Waals surface area contributed by atoms with Crippen LogP contribution in [0, 0.1) is 5.41 Å². The van der Waals surface area contributed by atoms with Gasteiger partial charge >= 0.3 is 6.18 Å². The van der Waals surface area contributed by atoms with Crippen molar-refractivity contribution in [3.63, 3.8) is 0 Å². The summed E-state index contributed by atoms with van der Waals surface area (Å²) in [5, 5.41) is 0. The highest BCUT2D eigenvalue weighted by Crippen LogP contribution is 2.60. The molecule has 2 fully saturated rings.